The summed E-state index contributed by atoms with van der Waals surface area (Å²) in [6.07, 6.45) is 0. The minimum absolute atomic E-state index is 0.111. The number of aryl methyl sites for hydroxylation is 2. The van der Waals surface area contributed by atoms with Gasteiger partial charge in [-0.15, -0.1) is 5.10 Å². The van der Waals surface area contributed by atoms with Crippen LogP contribution in [0.25, 0.3) is 10.9 Å². The monoisotopic (exact) mass is 549 g/mol. The van der Waals surface area contributed by atoms with Crippen molar-refractivity contribution < 1.29 is 4.74 Å². The van der Waals surface area contributed by atoms with E-state index in [9.17, 15) is 4.79 Å². The van der Waals surface area contributed by atoms with E-state index in [-0.39, 0.29) is 5.56 Å². The van der Waals surface area contributed by atoms with Gasteiger partial charge in [0.2, 0.25) is 0 Å². The number of ether oxygens (including phenoxy) is 1. The number of benzene rings is 3. The fourth-order valence-electron chi connectivity index (χ4n) is 5.85. The molecule has 1 aliphatic rings. The normalized spacial score (nSPS) is 15.3. The molecule has 0 bridgehead atoms. The molecule has 5 aromatic rings. The van der Waals surface area contributed by atoms with Crippen LogP contribution in [0.4, 0.5) is 0 Å². The second-order valence-electron chi connectivity index (χ2n) is 10.8. The van der Waals surface area contributed by atoms with Crippen molar-refractivity contribution in [2.24, 2.45) is 0 Å². The van der Waals surface area contributed by atoms with Crippen LogP contribution < -0.4 is 10.3 Å². The predicted octanol–water partition coefficient (Wildman–Crippen LogP) is 4.10. The first-order chi connectivity index (χ1) is 20.0. The Labute approximate surface area is 239 Å². The molecule has 0 amide bonds. The molecule has 1 N–H and O–H groups in total. The first-order valence-electron chi connectivity index (χ1n) is 14.0. The maximum atomic E-state index is 13.7. The van der Waals surface area contributed by atoms with Crippen LogP contribution in [0.15, 0.2) is 77.6 Å². The minimum Gasteiger partial charge on any atom is -0.497 e. The molecule has 1 unspecified atom stereocenters. The largest absolute Gasteiger partial charge is 0.497 e. The third kappa shape index (κ3) is 5.77. The summed E-state index contributed by atoms with van der Waals surface area (Å²) in [4.78, 5) is 21.7. The number of nitrogens with zero attached hydrogens (tertiary/aromatic N) is 6. The zero-order chi connectivity index (χ0) is 28.3. The van der Waals surface area contributed by atoms with Crippen molar-refractivity contribution in [3.05, 3.63) is 117 Å². The fourth-order valence-corrected chi connectivity index (χ4v) is 5.85. The Kier molecular flexibility index (Phi) is 7.63. The Morgan fingerprint density at radius 1 is 0.902 bits per heavy atom. The molecular formula is C32H35N7O2. The number of hydrogen-bond acceptors (Lipinski definition) is 7. The van der Waals surface area contributed by atoms with Gasteiger partial charge in [-0.25, -0.2) is 4.68 Å². The van der Waals surface area contributed by atoms with Crippen molar-refractivity contribution in [1.82, 2.24) is 35.0 Å². The van der Waals surface area contributed by atoms with Gasteiger partial charge in [0.1, 0.15) is 11.8 Å². The Balaban J connectivity index is 1.36. The Morgan fingerprint density at radius 2 is 1.63 bits per heavy atom. The number of piperazine rings is 1. The highest BCUT2D eigenvalue weighted by Crippen LogP contribution is 2.29. The van der Waals surface area contributed by atoms with E-state index in [0.29, 0.717) is 17.9 Å². The maximum absolute atomic E-state index is 13.7. The summed E-state index contributed by atoms with van der Waals surface area (Å²) in [6.45, 7) is 8.85. The molecule has 2 aromatic heterocycles. The predicted molar refractivity (Wildman–Crippen MR) is 159 cm³/mol. The van der Waals surface area contributed by atoms with Crippen molar-refractivity contribution in [1.29, 1.82) is 0 Å². The molecule has 0 spiro atoms. The Bertz CT molecular complexity index is 1690. The van der Waals surface area contributed by atoms with Gasteiger partial charge in [0, 0.05) is 38.3 Å². The van der Waals surface area contributed by atoms with Crippen LogP contribution in [-0.2, 0) is 13.1 Å². The summed E-state index contributed by atoms with van der Waals surface area (Å²) in [5, 5.41) is 14.0. The fraction of sp³-hybridized carbons (Fsp3) is 0.312. The van der Waals surface area contributed by atoms with E-state index in [1.165, 1.54) is 5.56 Å². The quantitative estimate of drug-likeness (QED) is 0.312. The summed E-state index contributed by atoms with van der Waals surface area (Å²) < 4.78 is 7.13. The van der Waals surface area contributed by atoms with Crippen molar-refractivity contribution in [3.8, 4) is 5.75 Å². The number of rotatable bonds is 8. The number of H-pyrrole nitrogens is 1. The van der Waals surface area contributed by atoms with Crippen LogP contribution in [0.1, 0.15) is 39.7 Å². The van der Waals surface area contributed by atoms with Gasteiger partial charge in [-0.2, -0.15) is 0 Å². The van der Waals surface area contributed by atoms with Gasteiger partial charge in [-0.3, -0.25) is 14.6 Å². The first kappa shape index (κ1) is 26.9. The SMILES string of the molecule is COc1ccc(Cn2nnnc2C(c2cc3cc(C)cc(C)c3[nH]c2=O)N2CCN(Cc3ccccc3)CC2)cc1. The van der Waals surface area contributed by atoms with Crippen LogP contribution in [0, 0.1) is 13.8 Å². The number of tetrazole rings is 1. The molecule has 210 valence electrons. The zero-order valence-electron chi connectivity index (χ0n) is 23.7. The van der Waals surface area contributed by atoms with Gasteiger partial charge in [0.05, 0.1) is 19.2 Å². The van der Waals surface area contributed by atoms with E-state index >= 15 is 0 Å². The molecule has 1 atom stereocenters. The van der Waals surface area contributed by atoms with E-state index in [1.54, 1.807) is 7.11 Å². The van der Waals surface area contributed by atoms with E-state index in [0.717, 1.165) is 66.1 Å². The molecule has 3 heterocycles. The number of pyridine rings is 1. The second-order valence-corrected chi connectivity index (χ2v) is 10.8. The standard InChI is InChI=1S/C32H35N7O2/c1-22-17-23(2)29-26(18-22)19-28(32(40)33-29)30(38-15-13-37(14-16-38)20-24-7-5-4-6-8-24)31-34-35-36-39(31)21-25-9-11-27(41-3)12-10-25/h4-12,17-19,30H,13-16,20-21H2,1-3H3,(H,33,40). The number of aromatic nitrogens is 5. The second kappa shape index (κ2) is 11.6. The molecule has 0 aliphatic carbocycles. The zero-order valence-corrected chi connectivity index (χ0v) is 23.7. The number of aromatic amines is 1. The summed E-state index contributed by atoms with van der Waals surface area (Å²) in [5.74, 6) is 1.46. The summed E-state index contributed by atoms with van der Waals surface area (Å²) in [6, 6.07) is 24.3. The van der Waals surface area contributed by atoms with Gasteiger partial charge < -0.3 is 9.72 Å². The molecule has 9 nitrogen and oxygen atoms in total. The molecule has 0 radical (unpaired) electrons. The van der Waals surface area contributed by atoms with Crippen LogP contribution in [0.3, 0.4) is 0 Å². The third-order valence-corrected chi connectivity index (χ3v) is 7.93. The van der Waals surface area contributed by atoms with Gasteiger partial charge >= 0.3 is 0 Å². The number of methoxy groups -OCH3 is 1. The highest BCUT2D eigenvalue weighted by Gasteiger charge is 2.33. The van der Waals surface area contributed by atoms with E-state index in [4.69, 9.17) is 4.74 Å². The van der Waals surface area contributed by atoms with Crippen molar-refractivity contribution in [2.75, 3.05) is 33.3 Å². The molecule has 0 saturated carbocycles. The molecule has 1 aliphatic heterocycles. The average molecular weight is 550 g/mol. The van der Waals surface area contributed by atoms with Crippen molar-refractivity contribution >= 4 is 10.9 Å². The lowest BCUT2D eigenvalue weighted by Gasteiger charge is -2.38. The van der Waals surface area contributed by atoms with E-state index in [2.05, 4.69) is 73.6 Å². The van der Waals surface area contributed by atoms with Crippen LogP contribution in [0.2, 0.25) is 0 Å². The highest BCUT2D eigenvalue weighted by atomic mass is 16.5. The smallest absolute Gasteiger partial charge is 0.253 e. The summed E-state index contributed by atoms with van der Waals surface area (Å²) in [5.41, 5.74) is 5.98. The minimum atomic E-state index is -0.393. The molecule has 6 rings (SSSR count). The lowest BCUT2D eigenvalue weighted by Crippen LogP contribution is -2.48. The van der Waals surface area contributed by atoms with Crippen LogP contribution >= 0.6 is 0 Å². The molecule has 1 saturated heterocycles. The molecule has 9 heteroatoms. The van der Waals surface area contributed by atoms with Crippen molar-refractivity contribution in [3.63, 3.8) is 0 Å². The third-order valence-electron chi connectivity index (χ3n) is 7.93. The van der Waals surface area contributed by atoms with E-state index in [1.807, 2.05) is 48.0 Å². The number of nitrogens with one attached hydrogen (secondary N) is 1. The Hall–Kier alpha value is -4.34. The first-order valence-corrected chi connectivity index (χ1v) is 14.0. The highest BCUT2D eigenvalue weighted by molar-refractivity contribution is 5.83. The van der Waals surface area contributed by atoms with Gasteiger partial charge in [-0.05, 0) is 70.6 Å². The lowest BCUT2D eigenvalue weighted by atomic mass is 10.00. The topological polar surface area (TPSA) is 92.2 Å². The Morgan fingerprint density at radius 3 is 2.37 bits per heavy atom. The molecule has 41 heavy (non-hydrogen) atoms. The van der Waals surface area contributed by atoms with Crippen LogP contribution in [0.5, 0.6) is 5.75 Å². The van der Waals surface area contributed by atoms with Gasteiger partial charge in [0.25, 0.3) is 5.56 Å². The maximum Gasteiger partial charge on any atom is 0.253 e. The number of fused-ring (bicyclic) bond motifs is 1. The summed E-state index contributed by atoms with van der Waals surface area (Å²) >= 11 is 0. The lowest BCUT2D eigenvalue weighted by molar-refractivity contribution is 0.0998. The molecule has 3 aromatic carbocycles. The number of hydrogen-bond donors (Lipinski definition) is 1. The summed E-state index contributed by atoms with van der Waals surface area (Å²) in [7, 11) is 1.66. The van der Waals surface area contributed by atoms with Gasteiger partial charge in [-0.1, -0.05) is 54.1 Å². The van der Waals surface area contributed by atoms with Gasteiger partial charge in [0.15, 0.2) is 5.82 Å². The average Bonchev–Trinajstić information content (AvgIpc) is 3.43. The molecular weight excluding hydrogens is 514 g/mol. The van der Waals surface area contributed by atoms with Crippen LogP contribution in [-0.4, -0.2) is 68.3 Å². The molecule has 1 fully saturated rings. The van der Waals surface area contributed by atoms with Crippen molar-refractivity contribution in [2.45, 2.75) is 33.0 Å². The van der Waals surface area contributed by atoms with E-state index < -0.39 is 6.04 Å².